The van der Waals surface area contributed by atoms with Gasteiger partial charge in [0.2, 0.25) is 0 Å². The fraction of sp³-hybridized carbons (Fsp3) is 0.391. The Balaban J connectivity index is 0.000000284. The Hall–Kier alpha value is -3.99. The van der Waals surface area contributed by atoms with Gasteiger partial charge in [-0.2, -0.15) is 22.2 Å². The van der Waals surface area contributed by atoms with Gasteiger partial charge >= 0.3 is 0 Å². The molecule has 0 amide bonds. The zero-order valence-corrected chi connectivity index (χ0v) is 33.4. The third-order valence-electron chi connectivity index (χ3n) is 10.8. The molecule has 4 aromatic carbocycles. The summed E-state index contributed by atoms with van der Waals surface area (Å²) in [4.78, 5) is 2.46. The minimum absolute atomic E-state index is 0.107. The van der Waals surface area contributed by atoms with Crippen molar-refractivity contribution in [2.75, 3.05) is 5.75 Å². The first kappa shape index (κ1) is 40.4. The molecule has 0 heterocycles. The highest BCUT2D eigenvalue weighted by Crippen LogP contribution is 2.37. The van der Waals surface area contributed by atoms with Crippen LogP contribution in [0.15, 0.2) is 130 Å². The lowest BCUT2D eigenvalue weighted by Crippen LogP contribution is -2.63. The number of nitrogens with zero attached hydrogens (tertiary/aromatic N) is 2. The van der Waals surface area contributed by atoms with Gasteiger partial charge in [-0.1, -0.05) is 167 Å². The first-order chi connectivity index (χ1) is 23.6. The first-order valence-corrected chi connectivity index (χ1v) is 19.7. The van der Waals surface area contributed by atoms with E-state index in [1.807, 2.05) is 19.1 Å². The van der Waals surface area contributed by atoms with E-state index in [4.69, 9.17) is 0 Å². The summed E-state index contributed by atoms with van der Waals surface area (Å²) in [6.45, 7) is 24.7. The van der Waals surface area contributed by atoms with E-state index in [1.165, 1.54) is 44.7 Å². The van der Waals surface area contributed by atoms with Crippen LogP contribution in [0.1, 0.15) is 100 Å². The van der Waals surface area contributed by atoms with Gasteiger partial charge in [-0.25, -0.2) is 10.9 Å². The van der Waals surface area contributed by atoms with Crippen LogP contribution in [-0.2, 0) is 21.7 Å². The van der Waals surface area contributed by atoms with Crippen molar-refractivity contribution in [3.8, 4) is 12.1 Å². The Morgan fingerprint density at radius 3 is 1.22 bits per heavy atom. The summed E-state index contributed by atoms with van der Waals surface area (Å²) in [6, 6.07) is 44.1. The zero-order valence-electron chi connectivity index (χ0n) is 32.5. The average molecular weight is 683 g/mol. The van der Waals surface area contributed by atoms with Gasteiger partial charge in [0, 0.05) is 5.57 Å². The van der Waals surface area contributed by atoms with Crippen molar-refractivity contribution in [3.63, 3.8) is 0 Å². The van der Waals surface area contributed by atoms with Gasteiger partial charge in [0.25, 0.3) is 0 Å². The number of hydrogen-bond donors (Lipinski definition) is 0. The van der Waals surface area contributed by atoms with Gasteiger partial charge < -0.3 is 0 Å². The summed E-state index contributed by atoms with van der Waals surface area (Å²) in [5, 5.41) is 18.6. The maximum Gasteiger partial charge on any atom is 0.161 e. The summed E-state index contributed by atoms with van der Waals surface area (Å²) in [5.41, 5.74) is 6.93. The normalized spacial score (nSPS) is 12.9. The largest absolute Gasteiger partial charge is 0.204 e. The third kappa shape index (κ3) is 9.62. The SMILES string of the molecule is CC(C[S+](c1ccc(C(C)(C)C)cc1)c1ccc(C(C)(C)C)cc1)=C(C#N)C#N.CCC(C)[B-](c1ccccc1)(c1ccccc1)C(C)CC. The lowest BCUT2D eigenvalue weighted by atomic mass is 9.08. The van der Waals surface area contributed by atoms with Crippen molar-refractivity contribution in [1.82, 2.24) is 0 Å². The standard InChI is InChI=1S/C26H31N2S.C20H28B/c1-19(20(16-27)17-28)18-29(23-12-8-21(9-13-23)25(2,3)4)24-14-10-22(11-15-24)26(5,6)7;1-5-17(3)21(18(4)6-2,19-13-9-7-10-14-19)20-15-11-8-12-16-20/h8-15H,18H2,1-7H3;7-18H,5-6H2,1-4H3/q+1;-1. The number of nitriles is 2. The molecular weight excluding hydrogens is 623 g/mol. The van der Waals surface area contributed by atoms with Crippen molar-refractivity contribution in [2.45, 2.75) is 121 Å². The fourth-order valence-corrected chi connectivity index (χ4v) is 9.51. The molecular formula is C46H59BN2S. The van der Waals surface area contributed by atoms with Crippen LogP contribution in [0.25, 0.3) is 0 Å². The summed E-state index contributed by atoms with van der Waals surface area (Å²) in [6.07, 6.45) is 1.70. The molecule has 0 saturated heterocycles. The van der Waals surface area contributed by atoms with E-state index < -0.39 is 6.15 Å². The highest BCUT2D eigenvalue weighted by molar-refractivity contribution is 7.97. The van der Waals surface area contributed by atoms with Gasteiger partial charge in [-0.3, -0.25) is 0 Å². The van der Waals surface area contributed by atoms with Crippen LogP contribution in [0.5, 0.6) is 0 Å². The van der Waals surface area contributed by atoms with Gasteiger partial charge in [0.05, 0.1) is 17.0 Å². The minimum Gasteiger partial charge on any atom is -0.204 e. The van der Waals surface area contributed by atoms with Crippen LogP contribution in [-0.4, -0.2) is 11.9 Å². The molecule has 0 aliphatic heterocycles. The third-order valence-corrected chi connectivity index (χ3v) is 13.2. The molecule has 0 N–H and O–H groups in total. The fourth-order valence-electron chi connectivity index (χ4n) is 7.40. The lowest BCUT2D eigenvalue weighted by molar-refractivity contribution is 0.589. The summed E-state index contributed by atoms with van der Waals surface area (Å²) in [5.74, 6) is 2.02. The van der Waals surface area contributed by atoms with Crippen molar-refractivity contribution < 1.29 is 0 Å². The molecule has 4 heteroatoms. The second-order valence-corrected chi connectivity index (χ2v) is 18.1. The van der Waals surface area contributed by atoms with Gasteiger partial charge in [0.1, 0.15) is 23.5 Å². The molecule has 4 aromatic rings. The topological polar surface area (TPSA) is 47.6 Å². The monoisotopic (exact) mass is 682 g/mol. The van der Waals surface area contributed by atoms with Crippen molar-refractivity contribution in [3.05, 3.63) is 131 Å². The molecule has 2 atom stereocenters. The molecule has 0 saturated carbocycles. The predicted octanol–water partition coefficient (Wildman–Crippen LogP) is 11.5. The van der Waals surface area contributed by atoms with Crippen LogP contribution in [0.4, 0.5) is 0 Å². The molecule has 0 aliphatic carbocycles. The molecule has 0 fully saturated rings. The Bertz CT molecular complexity index is 1620. The van der Waals surface area contributed by atoms with Crippen molar-refractivity contribution >= 4 is 28.0 Å². The van der Waals surface area contributed by atoms with E-state index in [2.05, 4.69) is 178 Å². The molecule has 0 aromatic heterocycles. The smallest absolute Gasteiger partial charge is 0.161 e. The molecule has 0 spiro atoms. The van der Waals surface area contributed by atoms with Crippen LogP contribution in [0.3, 0.4) is 0 Å². The molecule has 0 bridgehead atoms. The van der Waals surface area contributed by atoms with E-state index in [9.17, 15) is 10.5 Å². The quantitative estimate of drug-likeness (QED) is 0.0949. The number of hydrogen-bond acceptors (Lipinski definition) is 2. The van der Waals surface area contributed by atoms with Crippen LogP contribution in [0, 0.1) is 22.7 Å². The van der Waals surface area contributed by atoms with E-state index in [0.29, 0.717) is 17.4 Å². The van der Waals surface area contributed by atoms with E-state index in [-0.39, 0.29) is 27.3 Å². The Labute approximate surface area is 307 Å². The van der Waals surface area contributed by atoms with Gasteiger partial charge in [0.15, 0.2) is 9.79 Å². The van der Waals surface area contributed by atoms with Crippen LogP contribution < -0.4 is 10.9 Å². The summed E-state index contributed by atoms with van der Waals surface area (Å²) < 4.78 is 0. The predicted molar refractivity (Wildman–Crippen MR) is 220 cm³/mol. The van der Waals surface area contributed by atoms with Crippen molar-refractivity contribution in [1.29, 1.82) is 10.5 Å². The van der Waals surface area contributed by atoms with E-state index >= 15 is 0 Å². The summed E-state index contributed by atoms with van der Waals surface area (Å²) >= 11 is 0. The molecule has 0 aliphatic rings. The second kappa shape index (κ2) is 17.8. The van der Waals surface area contributed by atoms with Crippen LogP contribution in [0.2, 0.25) is 11.6 Å². The Morgan fingerprint density at radius 2 is 0.940 bits per heavy atom. The van der Waals surface area contributed by atoms with Crippen molar-refractivity contribution in [2.24, 2.45) is 0 Å². The van der Waals surface area contributed by atoms with E-state index in [0.717, 1.165) is 5.57 Å². The maximum atomic E-state index is 9.28. The average Bonchev–Trinajstić information content (AvgIpc) is 3.11. The lowest BCUT2D eigenvalue weighted by Gasteiger charge is -2.52. The van der Waals surface area contributed by atoms with Gasteiger partial charge in [-0.15, -0.1) is 0 Å². The van der Waals surface area contributed by atoms with Gasteiger partial charge in [-0.05, 0) is 53.1 Å². The van der Waals surface area contributed by atoms with Crippen LogP contribution >= 0.6 is 0 Å². The molecule has 4 rings (SSSR count). The molecule has 262 valence electrons. The highest BCUT2D eigenvalue weighted by Gasteiger charge is 2.36. The molecule has 2 nitrogen and oxygen atoms in total. The first-order valence-electron chi connectivity index (χ1n) is 18.3. The number of allylic oxidation sites excluding steroid dienone is 1. The Kier molecular flexibility index (Phi) is 14.4. The number of rotatable bonds is 10. The highest BCUT2D eigenvalue weighted by atomic mass is 32.2. The zero-order chi connectivity index (χ0) is 37.1. The van der Waals surface area contributed by atoms with E-state index in [1.54, 1.807) is 0 Å². The molecule has 2 unspecified atom stereocenters. The number of benzene rings is 4. The Morgan fingerprint density at radius 1 is 0.600 bits per heavy atom. The second-order valence-electron chi connectivity index (χ2n) is 16.1. The summed E-state index contributed by atoms with van der Waals surface area (Å²) in [7, 11) is -0.235. The maximum absolute atomic E-state index is 9.28. The molecule has 0 radical (unpaired) electrons. The minimum atomic E-state index is -0.733. The molecule has 50 heavy (non-hydrogen) atoms.